The Balaban J connectivity index is 2.53. The van der Waals surface area contributed by atoms with Crippen LogP contribution in [0.4, 0.5) is 0 Å². The van der Waals surface area contributed by atoms with E-state index in [2.05, 4.69) is 20.8 Å². The van der Waals surface area contributed by atoms with Crippen molar-refractivity contribution in [2.24, 2.45) is 0 Å². The van der Waals surface area contributed by atoms with Gasteiger partial charge in [0.1, 0.15) is 0 Å². The molecule has 0 fully saturated rings. The molecule has 0 radical (unpaired) electrons. The zero-order chi connectivity index (χ0) is 13.8. The van der Waals surface area contributed by atoms with Crippen molar-refractivity contribution >= 4 is 21.9 Å². The zero-order valence-electron chi connectivity index (χ0n) is 11.3. The van der Waals surface area contributed by atoms with Crippen LogP contribution in [0.2, 0.25) is 0 Å². The van der Waals surface area contributed by atoms with Crippen molar-refractivity contribution in [2.75, 3.05) is 12.4 Å². The van der Waals surface area contributed by atoms with Crippen molar-refractivity contribution in [3.63, 3.8) is 0 Å². The van der Waals surface area contributed by atoms with E-state index in [1.807, 2.05) is 6.92 Å². The van der Waals surface area contributed by atoms with E-state index in [1.165, 1.54) is 0 Å². The molecule has 0 unspecified atom stereocenters. The summed E-state index contributed by atoms with van der Waals surface area (Å²) in [7, 11) is -3.61. The second kappa shape index (κ2) is 6.08. The maximum absolute atomic E-state index is 11.8. The van der Waals surface area contributed by atoms with Gasteiger partial charge in [-0.25, -0.2) is 0 Å². The van der Waals surface area contributed by atoms with Gasteiger partial charge in [0.15, 0.2) is 0 Å². The molecule has 3 nitrogen and oxygen atoms in total. The Morgan fingerprint density at radius 2 is 1.72 bits per heavy atom. The molecule has 0 bridgehead atoms. The largest absolute Gasteiger partial charge is 0.296 e. The van der Waals surface area contributed by atoms with Crippen LogP contribution in [0.5, 0.6) is 0 Å². The molecular formula is C13H20O3S2. The van der Waals surface area contributed by atoms with Crippen LogP contribution in [0.25, 0.3) is 0 Å². The van der Waals surface area contributed by atoms with Crippen molar-refractivity contribution in [2.45, 2.75) is 37.3 Å². The second-order valence-corrected chi connectivity index (χ2v) is 8.59. The van der Waals surface area contributed by atoms with Gasteiger partial charge in [-0.05, 0) is 19.1 Å². The predicted octanol–water partition coefficient (Wildman–Crippen LogP) is 3.23. The lowest BCUT2D eigenvalue weighted by molar-refractivity contribution is 0.341. The summed E-state index contributed by atoms with van der Waals surface area (Å²) in [5, 5.41) is 0. The molecule has 0 N–H and O–H groups in total. The molecule has 0 aliphatic heterocycles. The SMILES string of the molecule is Cc1ccc(S(=O)(=O)OCCSC(C)(C)C)cc1. The number of thioether (sulfide) groups is 1. The smallest absolute Gasteiger partial charge is 0.266 e. The average Bonchev–Trinajstić information content (AvgIpc) is 2.24. The van der Waals surface area contributed by atoms with Gasteiger partial charge >= 0.3 is 0 Å². The molecule has 0 amide bonds. The third-order valence-corrected chi connectivity index (χ3v) is 4.73. The van der Waals surface area contributed by atoms with E-state index in [1.54, 1.807) is 36.0 Å². The number of benzene rings is 1. The molecule has 0 aromatic heterocycles. The third kappa shape index (κ3) is 5.42. The topological polar surface area (TPSA) is 43.4 Å². The Bertz CT molecular complexity index is 470. The van der Waals surface area contributed by atoms with E-state index >= 15 is 0 Å². The van der Waals surface area contributed by atoms with Crippen LogP contribution in [0.3, 0.4) is 0 Å². The summed E-state index contributed by atoms with van der Waals surface area (Å²) in [6, 6.07) is 6.67. The summed E-state index contributed by atoms with van der Waals surface area (Å²) in [6.45, 7) is 8.39. The third-order valence-electron chi connectivity index (χ3n) is 2.17. The molecule has 0 saturated heterocycles. The molecular weight excluding hydrogens is 268 g/mol. The van der Waals surface area contributed by atoms with Crippen LogP contribution >= 0.6 is 11.8 Å². The van der Waals surface area contributed by atoms with Gasteiger partial charge in [0, 0.05) is 10.5 Å². The lowest BCUT2D eigenvalue weighted by atomic mass is 10.2. The quantitative estimate of drug-likeness (QED) is 0.616. The summed E-state index contributed by atoms with van der Waals surface area (Å²) in [4.78, 5) is 0.217. The summed E-state index contributed by atoms with van der Waals surface area (Å²) in [6.07, 6.45) is 0. The number of aryl methyl sites for hydroxylation is 1. The zero-order valence-corrected chi connectivity index (χ0v) is 12.9. The van der Waals surface area contributed by atoms with Gasteiger partial charge in [-0.2, -0.15) is 20.2 Å². The predicted molar refractivity (Wildman–Crippen MR) is 76.5 cm³/mol. The highest BCUT2D eigenvalue weighted by Gasteiger charge is 2.16. The van der Waals surface area contributed by atoms with Crippen LogP contribution in [-0.4, -0.2) is 25.5 Å². The van der Waals surface area contributed by atoms with Crippen LogP contribution in [0.15, 0.2) is 29.2 Å². The van der Waals surface area contributed by atoms with Gasteiger partial charge in [-0.15, -0.1) is 0 Å². The normalized spacial score (nSPS) is 12.7. The molecule has 0 spiro atoms. The number of hydrogen-bond donors (Lipinski definition) is 0. The Labute approximate surface area is 114 Å². The first-order valence-electron chi connectivity index (χ1n) is 5.81. The first-order chi connectivity index (χ1) is 8.21. The molecule has 1 rings (SSSR count). The average molecular weight is 288 g/mol. The lowest BCUT2D eigenvalue weighted by Crippen LogP contribution is -2.13. The Morgan fingerprint density at radius 3 is 2.22 bits per heavy atom. The monoisotopic (exact) mass is 288 g/mol. The molecule has 5 heteroatoms. The van der Waals surface area contributed by atoms with Crippen molar-refractivity contribution in [3.05, 3.63) is 29.8 Å². The van der Waals surface area contributed by atoms with Crippen LogP contribution in [0, 0.1) is 6.92 Å². The molecule has 1 aromatic carbocycles. The van der Waals surface area contributed by atoms with Gasteiger partial charge in [-0.3, -0.25) is 4.18 Å². The number of rotatable bonds is 5. The Kier molecular flexibility index (Phi) is 5.25. The fraction of sp³-hybridized carbons (Fsp3) is 0.538. The summed E-state index contributed by atoms with van der Waals surface area (Å²) in [5.74, 6) is 0.661. The van der Waals surface area contributed by atoms with Crippen molar-refractivity contribution in [1.82, 2.24) is 0 Å². The van der Waals surface area contributed by atoms with Crippen molar-refractivity contribution in [1.29, 1.82) is 0 Å². The highest BCUT2D eigenvalue weighted by molar-refractivity contribution is 8.00. The van der Waals surface area contributed by atoms with E-state index in [0.717, 1.165) is 5.56 Å². The first-order valence-corrected chi connectivity index (χ1v) is 8.20. The summed E-state index contributed by atoms with van der Waals surface area (Å²) >= 11 is 1.68. The number of hydrogen-bond acceptors (Lipinski definition) is 4. The van der Waals surface area contributed by atoms with Gasteiger partial charge in [0.25, 0.3) is 10.1 Å². The highest BCUT2D eigenvalue weighted by Crippen LogP contribution is 2.23. The fourth-order valence-corrected chi connectivity index (χ4v) is 3.06. The van der Waals surface area contributed by atoms with Gasteiger partial charge in [0.05, 0.1) is 11.5 Å². The maximum Gasteiger partial charge on any atom is 0.296 e. The van der Waals surface area contributed by atoms with Crippen molar-refractivity contribution < 1.29 is 12.6 Å². The molecule has 102 valence electrons. The fourth-order valence-electron chi connectivity index (χ4n) is 1.26. The molecule has 1 aromatic rings. The molecule has 0 heterocycles. The molecule has 0 aliphatic carbocycles. The second-order valence-electron chi connectivity index (χ2n) is 5.05. The van der Waals surface area contributed by atoms with E-state index in [0.29, 0.717) is 5.75 Å². The van der Waals surface area contributed by atoms with Gasteiger partial charge in [-0.1, -0.05) is 38.5 Å². The molecule has 0 atom stereocenters. The van der Waals surface area contributed by atoms with Crippen LogP contribution in [-0.2, 0) is 14.3 Å². The standard InChI is InChI=1S/C13H20O3S2/c1-11-5-7-12(8-6-11)18(14,15)16-9-10-17-13(2,3)4/h5-8H,9-10H2,1-4H3. The van der Waals surface area contributed by atoms with E-state index in [4.69, 9.17) is 4.18 Å². The first kappa shape index (κ1) is 15.5. The molecule has 18 heavy (non-hydrogen) atoms. The molecule has 0 saturated carbocycles. The van der Waals surface area contributed by atoms with Crippen LogP contribution < -0.4 is 0 Å². The van der Waals surface area contributed by atoms with Gasteiger partial charge in [0.2, 0.25) is 0 Å². The highest BCUT2D eigenvalue weighted by atomic mass is 32.2. The minimum absolute atomic E-state index is 0.122. The Morgan fingerprint density at radius 1 is 1.17 bits per heavy atom. The van der Waals surface area contributed by atoms with E-state index in [9.17, 15) is 8.42 Å². The van der Waals surface area contributed by atoms with E-state index < -0.39 is 10.1 Å². The van der Waals surface area contributed by atoms with E-state index in [-0.39, 0.29) is 16.2 Å². The minimum Gasteiger partial charge on any atom is -0.266 e. The van der Waals surface area contributed by atoms with Crippen molar-refractivity contribution in [3.8, 4) is 0 Å². The minimum atomic E-state index is -3.61. The summed E-state index contributed by atoms with van der Waals surface area (Å²) in [5.41, 5.74) is 1.03. The maximum atomic E-state index is 11.8. The van der Waals surface area contributed by atoms with Gasteiger partial charge < -0.3 is 0 Å². The lowest BCUT2D eigenvalue weighted by Gasteiger charge is -2.17. The van der Waals surface area contributed by atoms with Crippen LogP contribution in [0.1, 0.15) is 26.3 Å². The summed E-state index contributed by atoms with van der Waals surface area (Å²) < 4.78 is 28.8. The molecule has 0 aliphatic rings. The Hall–Kier alpha value is -0.520.